The maximum Gasteiger partial charge on any atom is 0.253 e. The summed E-state index contributed by atoms with van der Waals surface area (Å²) < 4.78 is 27.2. The van der Waals surface area contributed by atoms with Gasteiger partial charge in [-0.25, -0.2) is 8.78 Å². The Morgan fingerprint density at radius 2 is 2.06 bits per heavy atom. The number of hydrogen-bond acceptors (Lipinski definition) is 3. The Hall–Kier alpha value is -2.47. The molecule has 0 atom stereocenters. The van der Waals surface area contributed by atoms with Crippen molar-refractivity contribution in [1.82, 2.24) is 0 Å². The van der Waals surface area contributed by atoms with E-state index < -0.39 is 34.2 Å². The van der Waals surface area contributed by atoms with Crippen molar-refractivity contribution in [3.63, 3.8) is 0 Å². The van der Waals surface area contributed by atoms with Gasteiger partial charge in [0.1, 0.15) is 17.7 Å². The lowest BCUT2D eigenvalue weighted by atomic mass is 9.99. The molecule has 0 aliphatic carbocycles. The molecule has 0 bridgehead atoms. The van der Waals surface area contributed by atoms with Crippen molar-refractivity contribution >= 4 is 5.91 Å². The van der Waals surface area contributed by atoms with Crippen LogP contribution in [0.25, 0.3) is 0 Å². The highest BCUT2D eigenvalue weighted by atomic mass is 19.1. The van der Waals surface area contributed by atoms with Gasteiger partial charge in [0.05, 0.1) is 17.2 Å². The maximum atomic E-state index is 13.8. The second kappa shape index (κ2) is 5.04. The predicted molar refractivity (Wildman–Crippen MR) is 53.5 cm³/mol. The molecule has 0 aliphatic heterocycles. The highest BCUT2D eigenvalue weighted by Gasteiger charge is 2.21. The maximum absolute atomic E-state index is 13.8. The average molecular weight is 235 g/mol. The summed E-state index contributed by atoms with van der Waals surface area (Å²) in [6.07, 6.45) is -0.280. The first-order chi connectivity index (χ1) is 8.02. The molecule has 0 spiro atoms. The lowest BCUT2D eigenvalue weighted by Crippen LogP contribution is -2.17. The smallest absolute Gasteiger partial charge is 0.253 e. The first-order valence-electron chi connectivity index (χ1n) is 4.60. The Kier molecular flexibility index (Phi) is 3.74. The van der Waals surface area contributed by atoms with Crippen LogP contribution in [0.15, 0.2) is 6.07 Å². The quantitative estimate of drug-likeness (QED) is 0.858. The highest BCUT2D eigenvalue weighted by molar-refractivity contribution is 5.95. The summed E-state index contributed by atoms with van der Waals surface area (Å²) in [6.45, 7) is 0. The monoisotopic (exact) mass is 235 g/mol. The van der Waals surface area contributed by atoms with Crippen LogP contribution >= 0.6 is 0 Å². The van der Waals surface area contributed by atoms with E-state index in [0.717, 1.165) is 6.07 Å². The van der Waals surface area contributed by atoms with E-state index in [2.05, 4.69) is 0 Å². The van der Waals surface area contributed by atoms with Crippen molar-refractivity contribution in [2.75, 3.05) is 0 Å². The van der Waals surface area contributed by atoms with Gasteiger partial charge in [-0.15, -0.1) is 0 Å². The van der Waals surface area contributed by atoms with Crippen molar-refractivity contribution in [3.05, 3.63) is 34.4 Å². The summed E-state index contributed by atoms with van der Waals surface area (Å²) in [7, 11) is 0. The predicted octanol–water partition coefficient (Wildman–Crippen LogP) is 1.39. The first-order valence-corrected chi connectivity index (χ1v) is 4.60. The third-order valence-corrected chi connectivity index (χ3v) is 2.17. The fourth-order valence-corrected chi connectivity index (χ4v) is 1.40. The number of primary amides is 1. The molecular formula is C11H7F2N3O. The average Bonchev–Trinajstić information content (AvgIpc) is 2.27. The van der Waals surface area contributed by atoms with Crippen LogP contribution in [0.3, 0.4) is 0 Å². The van der Waals surface area contributed by atoms with Crippen LogP contribution in [0, 0.1) is 34.3 Å². The molecule has 4 nitrogen and oxygen atoms in total. The van der Waals surface area contributed by atoms with Crippen molar-refractivity contribution in [2.45, 2.75) is 12.8 Å². The molecule has 1 aromatic rings. The molecule has 0 saturated heterocycles. The Morgan fingerprint density at radius 3 is 2.53 bits per heavy atom. The van der Waals surface area contributed by atoms with E-state index in [1.807, 2.05) is 0 Å². The van der Waals surface area contributed by atoms with Crippen LogP contribution in [0.4, 0.5) is 8.78 Å². The molecule has 0 unspecified atom stereocenters. The standard InChI is InChI=1S/C11H7F2N3O/c12-8-4-6(5-15)9(11(16)17)10(13)7(8)2-1-3-14/h4H,1-2H2,(H2,16,17). The SMILES string of the molecule is N#CCCc1c(F)cc(C#N)c(C(N)=O)c1F. The Morgan fingerprint density at radius 1 is 1.41 bits per heavy atom. The number of amides is 1. The van der Waals surface area contributed by atoms with Gasteiger partial charge in [-0.05, 0) is 12.5 Å². The summed E-state index contributed by atoms with van der Waals surface area (Å²) in [5.41, 5.74) is 3.43. The molecule has 2 N–H and O–H groups in total. The Balaban J connectivity index is 3.46. The molecule has 0 saturated carbocycles. The molecule has 0 fully saturated rings. The number of halogens is 2. The van der Waals surface area contributed by atoms with Crippen molar-refractivity contribution in [3.8, 4) is 12.1 Å². The number of carbonyl (C=O) groups is 1. The molecule has 1 aromatic carbocycles. The zero-order chi connectivity index (χ0) is 13.0. The Labute approximate surface area is 95.9 Å². The van der Waals surface area contributed by atoms with Crippen LogP contribution < -0.4 is 5.73 Å². The van der Waals surface area contributed by atoms with E-state index in [1.165, 1.54) is 6.07 Å². The second-order valence-corrected chi connectivity index (χ2v) is 3.21. The molecule has 1 rings (SSSR count). The molecule has 17 heavy (non-hydrogen) atoms. The summed E-state index contributed by atoms with van der Waals surface area (Å²) in [4.78, 5) is 11.0. The van der Waals surface area contributed by atoms with E-state index >= 15 is 0 Å². The van der Waals surface area contributed by atoms with E-state index in [1.54, 1.807) is 6.07 Å². The van der Waals surface area contributed by atoms with Crippen LogP contribution in [0.5, 0.6) is 0 Å². The van der Waals surface area contributed by atoms with Crippen LogP contribution in [0.1, 0.15) is 27.9 Å². The highest BCUT2D eigenvalue weighted by Crippen LogP contribution is 2.22. The minimum Gasteiger partial charge on any atom is -0.365 e. The largest absolute Gasteiger partial charge is 0.365 e. The molecule has 6 heteroatoms. The van der Waals surface area contributed by atoms with Gasteiger partial charge in [-0.2, -0.15) is 10.5 Å². The lowest BCUT2D eigenvalue weighted by molar-refractivity contribution is 0.0996. The zero-order valence-electron chi connectivity index (χ0n) is 8.63. The van der Waals surface area contributed by atoms with Crippen LogP contribution in [0.2, 0.25) is 0 Å². The van der Waals surface area contributed by atoms with Gasteiger partial charge < -0.3 is 5.73 Å². The molecule has 0 heterocycles. The molecule has 86 valence electrons. The van der Waals surface area contributed by atoms with Gasteiger partial charge in [0.15, 0.2) is 0 Å². The fraction of sp³-hybridized carbons (Fsp3) is 0.182. The van der Waals surface area contributed by atoms with E-state index in [0.29, 0.717) is 0 Å². The fourth-order valence-electron chi connectivity index (χ4n) is 1.40. The number of nitrogens with zero attached hydrogens (tertiary/aromatic N) is 2. The zero-order valence-corrected chi connectivity index (χ0v) is 8.63. The van der Waals surface area contributed by atoms with Crippen molar-refractivity contribution in [2.24, 2.45) is 5.73 Å². The minimum atomic E-state index is -1.16. The van der Waals surface area contributed by atoms with Gasteiger partial charge >= 0.3 is 0 Å². The van der Waals surface area contributed by atoms with E-state index in [9.17, 15) is 13.6 Å². The van der Waals surface area contributed by atoms with Gasteiger partial charge in [0, 0.05) is 12.0 Å². The molecular weight excluding hydrogens is 228 g/mol. The number of carbonyl (C=O) groups excluding carboxylic acids is 1. The third kappa shape index (κ3) is 2.37. The summed E-state index contributed by atoms with van der Waals surface area (Å²) in [5.74, 6) is -3.26. The first kappa shape index (κ1) is 12.6. The van der Waals surface area contributed by atoms with Gasteiger partial charge in [0.2, 0.25) is 0 Å². The number of nitrogens with two attached hydrogens (primary N) is 1. The van der Waals surface area contributed by atoms with E-state index in [-0.39, 0.29) is 12.8 Å². The number of rotatable bonds is 3. The molecule has 0 radical (unpaired) electrons. The number of nitriles is 2. The second-order valence-electron chi connectivity index (χ2n) is 3.21. The van der Waals surface area contributed by atoms with Crippen LogP contribution in [-0.2, 0) is 6.42 Å². The summed E-state index contributed by atoms with van der Waals surface area (Å²) >= 11 is 0. The molecule has 0 aliphatic rings. The summed E-state index contributed by atoms with van der Waals surface area (Å²) in [6, 6.07) is 3.98. The van der Waals surface area contributed by atoms with Gasteiger partial charge in [0.25, 0.3) is 5.91 Å². The van der Waals surface area contributed by atoms with Crippen LogP contribution in [-0.4, -0.2) is 5.91 Å². The van der Waals surface area contributed by atoms with Crippen molar-refractivity contribution < 1.29 is 13.6 Å². The molecule has 0 aromatic heterocycles. The third-order valence-electron chi connectivity index (χ3n) is 2.17. The number of hydrogen-bond donors (Lipinski definition) is 1. The molecule has 1 amide bonds. The van der Waals surface area contributed by atoms with Gasteiger partial charge in [-0.1, -0.05) is 0 Å². The minimum absolute atomic E-state index is 0.0993. The lowest BCUT2D eigenvalue weighted by Gasteiger charge is -2.08. The van der Waals surface area contributed by atoms with Gasteiger partial charge in [-0.3, -0.25) is 4.79 Å². The van der Waals surface area contributed by atoms with Crippen molar-refractivity contribution in [1.29, 1.82) is 10.5 Å². The van der Waals surface area contributed by atoms with E-state index in [4.69, 9.17) is 16.3 Å². The number of benzene rings is 1. The topological polar surface area (TPSA) is 90.7 Å². The Bertz CT molecular complexity index is 555. The summed E-state index contributed by atoms with van der Waals surface area (Å²) in [5, 5.41) is 17.0. The normalized spacial score (nSPS) is 9.41.